The Morgan fingerprint density at radius 3 is 2.67 bits per heavy atom. The number of hydrogen-bond donors (Lipinski definition) is 1. The zero-order valence-corrected chi connectivity index (χ0v) is 16.1. The molecule has 1 aromatic heterocycles. The third kappa shape index (κ3) is 3.74. The Kier molecular flexibility index (Phi) is 4.97. The molecule has 4 rings (SSSR count). The SMILES string of the molecule is CCCn1ccnc1CN1CCC2(CC1)C[C@H](C(=O)O)N(C(=O)C1CC1)C2. The lowest BCUT2D eigenvalue weighted by Gasteiger charge is -2.39. The summed E-state index contributed by atoms with van der Waals surface area (Å²) in [5, 5.41) is 9.64. The molecule has 148 valence electrons. The number of carboxylic acids is 1. The molecule has 1 aliphatic carbocycles. The van der Waals surface area contributed by atoms with Crippen LogP contribution in [-0.2, 0) is 22.7 Å². The predicted molar refractivity (Wildman–Crippen MR) is 99.9 cm³/mol. The second-order valence-corrected chi connectivity index (χ2v) is 8.61. The summed E-state index contributed by atoms with van der Waals surface area (Å²) in [4.78, 5) is 32.9. The van der Waals surface area contributed by atoms with Gasteiger partial charge < -0.3 is 14.6 Å². The van der Waals surface area contributed by atoms with E-state index in [1.807, 2.05) is 12.4 Å². The van der Waals surface area contributed by atoms with Crippen molar-refractivity contribution in [2.75, 3.05) is 19.6 Å². The monoisotopic (exact) mass is 374 g/mol. The lowest BCUT2D eigenvalue weighted by molar-refractivity contribution is -0.148. The highest BCUT2D eigenvalue weighted by atomic mass is 16.4. The first-order valence-electron chi connectivity index (χ1n) is 10.3. The normalized spacial score (nSPS) is 25.2. The second kappa shape index (κ2) is 7.26. The van der Waals surface area contributed by atoms with E-state index in [1.165, 1.54) is 0 Å². The van der Waals surface area contributed by atoms with Gasteiger partial charge in [-0.3, -0.25) is 9.69 Å². The van der Waals surface area contributed by atoms with E-state index < -0.39 is 12.0 Å². The van der Waals surface area contributed by atoms with Crippen LogP contribution in [0.5, 0.6) is 0 Å². The van der Waals surface area contributed by atoms with Crippen LogP contribution in [0.15, 0.2) is 12.4 Å². The largest absolute Gasteiger partial charge is 0.480 e. The Labute approximate surface area is 160 Å². The smallest absolute Gasteiger partial charge is 0.326 e. The van der Waals surface area contributed by atoms with Crippen molar-refractivity contribution >= 4 is 11.9 Å². The summed E-state index contributed by atoms with van der Waals surface area (Å²) in [6, 6.07) is -0.631. The molecule has 1 atom stereocenters. The zero-order chi connectivity index (χ0) is 19.0. The van der Waals surface area contributed by atoms with Crippen molar-refractivity contribution in [3.05, 3.63) is 18.2 Å². The molecule has 2 aliphatic heterocycles. The fourth-order valence-corrected chi connectivity index (χ4v) is 4.76. The lowest BCUT2D eigenvalue weighted by Crippen LogP contribution is -2.43. The van der Waals surface area contributed by atoms with Gasteiger partial charge in [0.2, 0.25) is 5.91 Å². The van der Waals surface area contributed by atoms with Gasteiger partial charge >= 0.3 is 5.97 Å². The number of aryl methyl sites for hydroxylation is 1. The van der Waals surface area contributed by atoms with Crippen LogP contribution in [0.3, 0.4) is 0 Å². The van der Waals surface area contributed by atoms with Crippen molar-refractivity contribution < 1.29 is 14.7 Å². The fraction of sp³-hybridized carbons (Fsp3) is 0.750. The molecule has 1 aromatic rings. The van der Waals surface area contributed by atoms with Gasteiger partial charge in [-0.05, 0) is 57.0 Å². The number of carbonyl (C=O) groups excluding carboxylic acids is 1. The number of piperidine rings is 1. The highest BCUT2D eigenvalue weighted by molar-refractivity contribution is 5.87. The maximum atomic E-state index is 12.6. The molecule has 0 unspecified atom stereocenters. The second-order valence-electron chi connectivity index (χ2n) is 8.61. The Morgan fingerprint density at radius 2 is 2.04 bits per heavy atom. The maximum Gasteiger partial charge on any atom is 0.326 e. The number of nitrogens with zero attached hydrogens (tertiary/aromatic N) is 4. The van der Waals surface area contributed by atoms with Gasteiger partial charge in [-0.2, -0.15) is 0 Å². The van der Waals surface area contributed by atoms with Crippen molar-refractivity contribution in [2.24, 2.45) is 11.3 Å². The van der Waals surface area contributed by atoms with Crippen molar-refractivity contribution in [3.8, 4) is 0 Å². The minimum atomic E-state index is -0.843. The van der Waals surface area contributed by atoms with Gasteiger partial charge in [0.1, 0.15) is 11.9 Å². The molecule has 3 fully saturated rings. The molecule has 0 bridgehead atoms. The molecule has 1 N–H and O–H groups in total. The quantitative estimate of drug-likeness (QED) is 0.824. The summed E-state index contributed by atoms with van der Waals surface area (Å²) in [5.41, 5.74) is -0.0249. The van der Waals surface area contributed by atoms with Crippen LogP contribution in [0.2, 0.25) is 0 Å². The van der Waals surface area contributed by atoms with Crippen molar-refractivity contribution in [2.45, 2.75) is 64.6 Å². The number of aromatic nitrogens is 2. The van der Waals surface area contributed by atoms with E-state index >= 15 is 0 Å². The first kappa shape index (κ1) is 18.5. The first-order chi connectivity index (χ1) is 13.0. The van der Waals surface area contributed by atoms with Crippen molar-refractivity contribution in [1.29, 1.82) is 0 Å². The maximum absolute atomic E-state index is 12.6. The molecule has 1 spiro atoms. The number of imidazole rings is 1. The van der Waals surface area contributed by atoms with E-state index in [0.29, 0.717) is 13.0 Å². The highest BCUT2D eigenvalue weighted by Gasteiger charge is 2.51. The summed E-state index contributed by atoms with van der Waals surface area (Å²) >= 11 is 0. The number of carboxylic acid groups (broad SMARTS) is 1. The summed E-state index contributed by atoms with van der Waals surface area (Å²) in [7, 11) is 0. The van der Waals surface area contributed by atoms with Crippen LogP contribution in [0.1, 0.15) is 51.3 Å². The van der Waals surface area contributed by atoms with Crippen molar-refractivity contribution in [3.63, 3.8) is 0 Å². The molecule has 3 aliphatic rings. The molecule has 7 nitrogen and oxygen atoms in total. The predicted octanol–water partition coefficient (Wildman–Crippen LogP) is 1.97. The van der Waals surface area contributed by atoms with E-state index in [0.717, 1.165) is 64.1 Å². The Balaban J connectivity index is 1.38. The van der Waals surface area contributed by atoms with Gasteiger partial charge in [0.05, 0.1) is 6.54 Å². The zero-order valence-electron chi connectivity index (χ0n) is 16.1. The molecule has 27 heavy (non-hydrogen) atoms. The molecular formula is C20H30N4O3. The summed E-state index contributed by atoms with van der Waals surface area (Å²) in [5.74, 6) is 0.417. The topological polar surface area (TPSA) is 78.7 Å². The standard InChI is InChI=1S/C20H30N4O3/c1-2-8-23-11-7-21-17(23)13-22-9-5-20(6-10-22)12-16(19(26)27)24(14-20)18(25)15-3-4-15/h7,11,15-16H,2-6,8-10,12-14H2,1H3,(H,26,27)/t16-/m1/s1. The molecule has 0 aromatic carbocycles. The van der Waals surface area contributed by atoms with Crippen molar-refractivity contribution in [1.82, 2.24) is 19.4 Å². The van der Waals surface area contributed by atoms with Gasteiger partial charge in [0, 0.05) is 31.4 Å². The molecule has 7 heteroatoms. The van der Waals surface area contributed by atoms with Gasteiger partial charge in [-0.15, -0.1) is 0 Å². The van der Waals surface area contributed by atoms with Gasteiger partial charge in [-0.25, -0.2) is 9.78 Å². The highest BCUT2D eigenvalue weighted by Crippen LogP contribution is 2.45. The van der Waals surface area contributed by atoms with E-state index in [-0.39, 0.29) is 17.2 Å². The third-order valence-electron chi connectivity index (χ3n) is 6.55. The lowest BCUT2D eigenvalue weighted by atomic mass is 9.76. The van der Waals surface area contributed by atoms with Gasteiger partial charge in [-0.1, -0.05) is 6.92 Å². The molecule has 2 saturated heterocycles. The van der Waals surface area contributed by atoms with Crippen LogP contribution < -0.4 is 0 Å². The average molecular weight is 374 g/mol. The van der Waals surface area contributed by atoms with Crippen LogP contribution >= 0.6 is 0 Å². The van der Waals surface area contributed by atoms with Crippen LogP contribution in [0.4, 0.5) is 0 Å². The molecule has 0 radical (unpaired) electrons. The fourth-order valence-electron chi connectivity index (χ4n) is 4.76. The average Bonchev–Trinajstić information content (AvgIpc) is 3.31. The van der Waals surface area contributed by atoms with Crippen LogP contribution in [0, 0.1) is 11.3 Å². The van der Waals surface area contributed by atoms with E-state index in [9.17, 15) is 14.7 Å². The third-order valence-corrected chi connectivity index (χ3v) is 6.55. The summed E-state index contributed by atoms with van der Waals surface area (Å²) < 4.78 is 2.22. The molecule has 3 heterocycles. The minimum Gasteiger partial charge on any atom is -0.480 e. The van der Waals surface area contributed by atoms with E-state index in [2.05, 4.69) is 21.4 Å². The Bertz CT molecular complexity index is 704. The first-order valence-corrected chi connectivity index (χ1v) is 10.3. The summed E-state index contributed by atoms with van der Waals surface area (Å²) in [6.07, 6.45) is 9.37. The molecule has 1 amide bonds. The summed E-state index contributed by atoms with van der Waals surface area (Å²) in [6.45, 7) is 6.51. The van der Waals surface area contributed by atoms with E-state index in [1.54, 1.807) is 4.90 Å². The molecule has 1 saturated carbocycles. The number of likely N-dealkylation sites (tertiary alicyclic amines) is 2. The number of amides is 1. The van der Waals surface area contributed by atoms with Crippen LogP contribution in [-0.4, -0.2) is 62.0 Å². The van der Waals surface area contributed by atoms with Gasteiger partial charge in [0.15, 0.2) is 0 Å². The van der Waals surface area contributed by atoms with E-state index in [4.69, 9.17) is 0 Å². The number of rotatable bonds is 6. The molecular weight excluding hydrogens is 344 g/mol. The number of aliphatic carboxylic acids is 1. The number of carbonyl (C=O) groups is 2. The van der Waals surface area contributed by atoms with Gasteiger partial charge in [0.25, 0.3) is 0 Å². The minimum absolute atomic E-state index is 0.0249. The Morgan fingerprint density at radius 1 is 1.30 bits per heavy atom. The van der Waals surface area contributed by atoms with Crippen LogP contribution in [0.25, 0.3) is 0 Å². The Hall–Kier alpha value is -1.89. The number of hydrogen-bond acceptors (Lipinski definition) is 4.